The minimum absolute atomic E-state index is 0.199. The van der Waals surface area contributed by atoms with Gasteiger partial charge in [0.25, 0.3) is 0 Å². The normalized spacial score (nSPS) is 13.5. The highest BCUT2D eigenvalue weighted by molar-refractivity contribution is 5.92. The molecule has 1 aliphatic rings. The van der Waals surface area contributed by atoms with Crippen molar-refractivity contribution in [1.82, 2.24) is 0 Å². The molecule has 1 atom stereocenters. The van der Waals surface area contributed by atoms with Gasteiger partial charge < -0.3 is 19.7 Å². The van der Waals surface area contributed by atoms with Crippen LogP contribution in [0, 0.1) is 6.92 Å². The third kappa shape index (κ3) is 6.30. The smallest absolute Gasteiger partial charge is 0.338 e. The van der Waals surface area contributed by atoms with E-state index in [2.05, 4.69) is 73.5 Å². The van der Waals surface area contributed by atoms with Crippen LogP contribution in [0.2, 0.25) is 0 Å². The van der Waals surface area contributed by atoms with E-state index in [1.54, 1.807) is 0 Å². The van der Waals surface area contributed by atoms with Crippen LogP contribution in [0.4, 0.5) is 17.1 Å². The van der Waals surface area contributed by atoms with Gasteiger partial charge in [-0.25, -0.2) is 4.79 Å². The van der Waals surface area contributed by atoms with Crippen LogP contribution >= 0.6 is 0 Å². The molecule has 5 nitrogen and oxygen atoms in total. The molecule has 218 valence electrons. The quantitative estimate of drug-likeness (QED) is 0.153. The fourth-order valence-corrected chi connectivity index (χ4v) is 5.70. The van der Waals surface area contributed by atoms with Crippen molar-refractivity contribution in [2.24, 2.45) is 0 Å². The third-order valence-electron chi connectivity index (χ3n) is 7.94. The first-order valence-electron chi connectivity index (χ1n) is 15.3. The number of nitrogens with zero attached hydrogens (tertiary/aromatic N) is 1. The molecule has 0 amide bonds. The van der Waals surface area contributed by atoms with Gasteiger partial charge in [-0.05, 0) is 74.2 Å². The van der Waals surface area contributed by atoms with E-state index < -0.39 is 0 Å². The summed E-state index contributed by atoms with van der Waals surface area (Å²) in [6.07, 6.45) is 4.61. The fraction of sp³-hybridized carbons (Fsp3) is 0.324. The maximum absolute atomic E-state index is 13.2. The molecular formula is C37H42N2O3. The summed E-state index contributed by atoms with van der Waals surface area (Å²) in [5.41, 5.74) is 7.85. The van der Waals surface area contributed by atoms with Gasteiger partial charge in [-0.1, -0.05) is 69.2 Å². The van der Waals surface area contributed by atoms with Crippen LogP contribution in [0.25, 0.3) is 0 Å². The first kappa shape index (κ1) is 29.2. The molecule has 1 heterocycles. The first-order chi connectivity index (χ1) is 20.5. The molecule has 0 fully saturated rings. The lowest BCUT2D eigenvalue weighted by Crippen LogP contribution is -2.26. The number of nitrogens with one attached hydrogen (secondary N) is 1. The van der Waals surface area contributed by atoms with E-state index in [0.717, 1.165) is 83.9 Å². The highest BCUT2D eigenvalue weighted by Gasteiger charge is 2.33. The number of benzene rings is 4. The lowest BCUT2D eigenvalue weighted by Gasteiger charge is -2.32. The van der Waals surface area contributed by atoms with Gasteiger partial charge in [0, 0.05) is 53.3 Å². The molecule has 0 saturated carbocycles. The number of ether oxygens (including phenoxy) is 2. The number of unbranched alkanes of at least 4 members (excludes halogenated alkanes) is 2. The molecule has 5 rings (SSSR count). The number of rotatable bonds is 12. The predicted molar refractivity (Wildman–Crippen MR) is 173 cm³/mol. The number of para-hydroxylation sites is 1. The monoisotopic (exact) mass is 562 g/mol. The number of hydrogen-bond acceptors (Lipinski definition) is 5. The lowest BCUT2D eigenvalue weighted by molar-refractivity contribution is 0.0525. The number of aryl methyl sites for hydroxylation is 1. The van der Waals surface area contributed by atoms with Gasteiger partial charge in [0.1, 0.15) is 11.5 Å². The van der Waals surface area contributed by atoms with Gasteiger partial charge in [0.05, 0.1) is 12.2 Å². The topological polar surface area (TPSA) is 50.8 Å². The molecule has 4 aromatic rings. The summed E-state index contributed by atoms with van der Waals surface area (Å²) in [4.78, 5) is 15.6. The Balaban J connectivity index is 1.64. The zero-order chi connectivity index (χ0) is 29.5. The highest BCUT2D eigenvalue weighted by atomic mass is 16.5. The molecule has 4 aromatic carbocycles. The molecule has 1 unspecified atom stereocenters. The molecule has 1 N–H and O–H groups in total. The molecule has 1 aliphatic heterocycles. The van der Waals surface area contributed by atoms with Crippen LogP contribution in [-0.4, -0.2) is 25.7 Å². The van der Waals surface area contributed by atoms with Crippen molar-refractivity contribution in [3.63, 3.8) is 0 Å². The van der Waals surface area contributed by atoms with Gasteiger partial charge in [-0.15, -0.1) is 0 Å². The molecule has 5 heteroatoms. The number of carbonyl (C=O) groups is 1. The van der Waals surface area contributed by atoms with Crippen LogP contribution in [0.3, 0.4) is 0 Å². The Morgan fingerprint density at radius 1 is 0.810 bits per heavy atom. The molecule has 42 heavy (non-hydrogen) atoms. The summed E-state index contributed by atoms with van der Waals surface area (Å²) < 4.78 is 12.2. The summed E-state index contributed by atoms with van der Waals surface area (Å²) in [7, 11) is 0. The minimum atomic E-state index is -0.306. The Morgan fingerprint density at radius 2 is 1.50 bits per heavy atom. The summed E-state index contributed by atoms with van der Waals surface area (Å²) in [6, 6.07) is 28.9. The predicted octanol–water partition coefficient (Wildman–Crippen LogP) is 9.61. The molecule has 0 saturated heterocycles. The standard InChI is InChI=1S/C37H42N2O3/c1-5-8-21-39(22-9-6-2)28-19-20-31-35(24-28)42-34-23-26(4)33(38-27-15-11-10-12-16-27)25-32(34)36(31)29-17-13-14-18-30(29)37(40)41-7-3/h10-20,23-25,36,38H,5-9,21-22H2,1-4H3. The van der Waals surface area contributed by atoms with Crippen LogP contribution in [0.1, 0.15) is 85.0 Å². The van der Waals surface area contributed by atoms with E-state index in [4.69, 9.17) is 9.47 Å². The Hall–Kier alpha value is -4.25. The van der Waals surface area contributed by atoms with Crippen LogP contribution < -0.4 is 15.0 Å². The molecule has 0 aliphatic carbocycles. The summed E-state index contributed by atoms with van der Waals surface area (Å²) in [5, 5.41) is 3.59. The molecule has 0 spiro atoms. The molecule has 0 aromatic heterocycles. The van der Waals surface area contributed by atoms with Crippen LogP contribution in [0.5, 0.6) is 11.5 Å². The molecule has 0 radical (unpaired) electrons. The molecular weight excluding hydrogens is 520 g/mol. The van der Waals surface area contributed by atoms with Crippen molar-refractivity contribution in [1.29, 1.82) is 0 Å². The third-order valence-corrected chi connectivity index (χ3v) is 7.94. The minimum Gasteiger partial charge on any atom is -0.462 e. The zero-order valence-electron chi connectivity index (χ0n) is 25.3. The average Bonchev–Trinajstić information content (AvgIpc) is 3.01. The largest absolute Gasteiger partial charge is 0.462 e. The van der Waals surface area contributed by atoms with E-state index in [-0.39, 0.29) is 11.9 Å². The number of anilines is 3. The summed E-state index contributed by atoms with van der Waals surface area (Å²) >= 11 is 0. The van der Waals surface area contributed by atoms with E-state index in [1.807, 2.05) is 49.4 Å². The van der Waals surface area contributed by atoms with Gasteiger partial charge in [0.2, 0.25) is 0 Å². The Morgan fingerprint density at radius 3 is 2.21 bits per heavy atom. The van der Waals surface area contributed by atoms with Gasteiger partial charge in [0.15, 0.2) is 0 Å². The van der Waals surface area contributed by atoms with Crippen molar-refractivity contribution in [2.45, 2.75) is 59.3 Å². The maximum Gasteiger partial charge on any atom is 0.338 e. The van der Waals surface area contributed by atoms with Gasteiger partial charge in [-0.3, -0.25) is 0 Å². The van der Waals surface area contributed by atoms with Gasteiger partial charge in [-0.2, -0.15) is 0 Å². The number of esters is 1. The second kappa shape index (κ2) is 13.6. The number of carbonyl (C=O) groups excluding carboxylic acids is 1. The van der Waals surface area contributed by atoms with Crippen LogP contribution in [-0.2, 0) is 4.74 Å². The van der Waals surface area contributed by atoms with Crippen LogP contribution in [0.15, 0.2) is 84.9 Å². The van der Waals surface area contributed by atoms with Crippen molar-refractivity contribution < 1.29 is 14.3 Å². The molecule has 0 bridgehead atoms. The summed E-state index contributed by atoms with van der Waals surface area (Å²) in [6.45, 7) is 10.8. The number of fused-ring (bicyclic) bond motifs is 2. The highest BCUT2D eigenvalue weighted by Crippen LogP contribution is 2.50. The second-order valence-corrected chi connectivity index (χ2v) is 11.0. The van der Waals surface area contributed by atoms with E-state index >= 15 is 0 Å². The SMILES string of the molecule is CCCCN(CCCC)c1ccc2c(c1)Oc1cc(C)c(Nc3ccccc3)cc1C2c1ccccc1C(=O)OCC. The lowest BCUT2D eigenvalue weighted by atomic mass is 9.80. The average molecular weight is 563 g/mol. The second-order valence-electron chi connectivity index (χ2n) is 11.0. The maximum atomic E-state index is 13.2. The van der Waals surface area contributed by atoms with Crippen molar-refractivity contribution >= 4 is 23.0 Å². The Labute approximate surface area is 250 Å². The fourth-order valence-electron chi connectivity index (χ4n) is 5.70. The van der Waals surface area contributed by atoms with E-state index in [9.17, 15) is 4.79 Å². The van der Waals surface area contributed by atoms with Gasteiger partial charge >= 0.3 is 5.97 Å². The Bertz CT molecular complexity index is 1510. The zero-order valence-corrected chi connectivity index (χ0v) is 25.3. The van der Waals surface area contributed by atoms with Crippen molar-refractivity contribution in [3.05, 3.63) is 113 Å². The van der Waals surface area contributed by atoms with Crippen molar-refractivity contribution in [3.8, 4) is 11.5 Å². The Kier molecular flexibility index (Phi) is 9.48. The summed E-state index contributed by atoms with van der Waals surface area (Å²) in [5.74, 6) is 1.15. The van der Waals surface area contributed by atoms with E-state index in [0.29, 0.717) is 12.2 Å². The first-order valence-corrected chi connectivity index (χ1v) is 15.3. The van der Waals surface area contributed by atoms with E-state index in [1.165, 1.54) is 5.69 Å². The van der Waals surface area contributed by atoms with Crippen molar-refractivity contribution in [2.75, 3.05) is 29.9 Å². The number of hydrogen-bond donors (Lipinski definition) is 1.